The van der Waals surface area contributed by atoms with Gasteiger partial charge >= 0.3 is 5.97 Å². The van der Waals surface area contributed by atoms with Crippen molar-refractivity contribution >= 4 is 11.9 Å². The summed E-state index contributed by atoms with van der Waals surface area (Å²) in [5.74, 6) is 0.833. The van der Waals surface area contributed by atoms with Crippen LogP contribution in [0.1, 0.15) is 34.9 Å². The highest BCUT2D eigenvalue weighted by Gasteiger charge is 2.30. The maximum Gasteiger partial charge on any atom is 0.309 e. The molecule has 1 saturated heterocycles. The molecule has 1 fully saturated rings. The number of amides is 1. The van der Waals surface area contributed by atoms with E-state index in [9.17, 15) is 9.59 Å². The number of likely N-dealkylation sites (tertiary alicyclic amines) is 1. The van der Waals surface area contributed by atoms with Crippen molar-refractivity contribution in [3.8, 4) is 11.5 Å². The summed E-state index contributed by atoms with van der Waals surface area (Å²) in [6, 6.07) is 12.9. The first-order valence-electron chi connectivity index (χ1n) is 9.63. The summed E-state index contributed by atoms with van der Waals surface area (Å²) in [5, 5.41) is 0. The van der Waals surface area contributed by atoms with Crippen LogP contribution < -0.4 is 0 Å². The van der Waals surface area contributed by atoms with Gasteiger partial charge in [0.15, 0.2) is 5.76 Å². The number of furan rings is 1. The van der Waals surface area contributed by atoms with Gasteiger partial charge in [0.1, 0.15) is 18.1 Å². The maximum absolute atomic E-state index is 12.5. The molecule has 2 aromatic heterocycles. The number of aryl methyl sites for hydroxylation is 1. The number of aromatic nitrogens is 1. The molecular formula is C22H22N2O5. The molecule has 0 spiro atoms. The summed E-state index contributed by atoms with van der Waals surface area (Å²) in [6.45, 7) is 2.88. The molecule has 0 radical (unpaired) electrons. The van der Waals surface area contributed by atoms with Crippen LogP contribution in [0.25, 0.3) is 11.5 Å². The lowest BCUT2D eigenvalue weighted by Gasteiger charge is -2.30. The minimum absolute atomic E-state index is 0.0759. The Morgan fingerprint density at radius 3 is 2.59 bits per heavy atom. The fourth-order valence-corrected chi connectivity index (χ4v) is 3.40. The molecule has 1 amide bonds. The average molecular weight is 394 g/mol. The zero-order valence-corrected chi connectivity index (χ0v) is 16.2. The molecule has 0 saturated carbocycles. The molecule has 150 valence electrons. The Bertz CT molecular complexity index is 970. The van der Waals surface area contributed by atoms with Crippen LogP contribution in [0.3, 0.4) is 0 Å². The number of hydrogen-bond donors (Lipinski definition) is 0. The van der Waals surface area contributed by atoms with Gasteiger partial charge in [-0.15, -0.1) is 0 Å². The highest BCUT2D eigenvalue weighted by Crippen LogP contribution is 2.24. The van der Waals surface area contributed by atoms with Crippen LogP contribution >= 0.6 is 0 Å². The van der Waals surface area contributed by atoms with Crippen molar-refractivity contribution in [3.63, 3.8) is 0 Å². The van der Waals surface area contributed by atoms with E-state index in [1.54, 1.807) is 24.0 Å². The van der Waals surface area contributed by atoms with E-state index in [0.29, 0.717) is 49.0 Å². The number of esters is 1. The van der Waals surface area contributed by atoms with Crippen LogP contribution in [0.5, 0.6) is 0 Å². The van der Waals surface area contributed by atoms with E-state index >= 15 is 0 Å². The van der Waals surface area contributed by atoms with Crippen molar-refractivity contribution < 1.29 is 23.2 Å². The van der Waals surface area contributed by atoms with Crippen molar-refractivity contribution in [1.29, 1.82) is 0 Å². The van der Waals surface area contributed by atoms with E-state index in [2.05, 4.69) is 4.98 Å². The molecule has 3 aromatic rings. The van der Waals surface area contributed by atoms with Gasteiger partial charge in [-0.3, -0.25) is 9.59 Å². The molecule has 1 aromatic carbocycles. The van der Waals surface area contributed by atoms with Gasteiger partial charge in [0.2, 0.25) is 5.89 Å². The van der Waals surface area contributed by atoms with Gasteiger partial charge in [0, 0.05) is 18.7 Å². The third-order valence-electron chi connectivity index (χ3n) is 5.11. The number of benzene rings is 1. The van der Waals surface area contributed by atoms with Crippen molar-refractivity contribution in [3.05, 3.63) is 65.9 Å². The van der Waals surface area contributed by atoms with E-state index in [1.165, 1.54) is 6.26 Å². The van der Waals surface area contributed by atoms with Crippen molar-refractivity contribution in [1.82, 2.24) is 9.88 Å². The van der Waals surface area contributed by atoms with E-state index in [0.717, 1.165) is 5.56 Å². The first-order valence-corrected chi connectivity index (χ1v) is 9.63. The zero-order valence-electron chi connectivity index (χ0n) is 16.2. The topological polar surface area (TPSA) is 85.8 Å². The summed E-state index contributed by atoms with van der Waals surface area (Å²) >= 11 is 0. The number of hydrogen-bond acceptors (Lipinski definition) is 6. The summed E-state index contributed by atoms with van der Waals surface area (Å²) in [7, 11) is 0. The third-order valence-corrected chi connectivity index (χ3v) is 5.11. The number of nitrogens with zero attached hydrogens (tertiary/aromatic N) is 2. The SMILES string of the molecule is Cc1oc(-c2ccccc2)nc1COC(=O)C1CCN(C(=O)c2ccco2)CC1. The Balaban J connectivity index is 1.30. The second kappa shape index (κ2) is 8.34. The lowest BCUT2D eigenvalue weighted by atomic mass is 9.97. The molecule has 0 bridgehead atoms. The lowest BCUT2D eigenvalue weighted by molar-refractivity contribution is -0.151. The van der Waals surface area contributed by atoms with Crippen LogP contribution in [-0.2, 0) is 16.1 Å². The second-order valence-electron chi connectivity index (χ2n) is 7.04. The number of ether oxygens (including phenoxy) is 1. The van der Waals surface area contributed by atoms with Gasteiger partial charge in [0.05, 0.1) is 12.2 Å². The normalized spacial score (nSPS) is 14.7. The van der Waals surface area contributed by atoms with Crippen LogP contribution in [0.15, 0.2) is 57.6 Å². The maximum atomic E-state index is 12.5. The minimum Gasteiger partial charge on any atom is -0.459 e. The second-order valence-corrected chi connectivity index (χ2v) is 7.04. The van der Waals surface area contributed by atoms with Gasteiger partial charge in [-0.2, -0.15) is 0 Å². The third kappa shape index (κ3) is 4.23. The summed E-state index contributed by atoms with van der Waals surface area (Å²) < 4.78 is 16.3. The predicted molar refractivity (Wildman–Crippen MR) is 104 cm³/mol. The molecule has 0 aliphatic carbocycles. The fourth-order valence-electron chi connectivity index (χ4n) is 3.40. The number of carbonyl (C=O) groups excluding carboxylic acids is 2. The Morgan fingerprint density at radius 2 is 1.90 bits per heavy atom. The lowest BCUT2D eigenvalue weighted by Crippen LogP contribution is -2.40. The summed E-state index contributed by atoms with van der Waals surface area (Å²) in [4.78, 5) is 30.9. The highest BCUT2D eigenvalue weighted by molar-refractivity contribution is 5.91. The Morgan fingerprint density at radius 1 is 1.14 bits per heavy atom. The summed E-state index contributed by atoms with van der Waals surface area (Å²) in [5.41, 5.74) is 1.49. The molecule has 29 heavy (non-hydrogen) atoms. The molecule has 7 heteroatoms. The molecule has 1 aliphatic rings. The van der Waals surface area contributed by atoms with Crippen LogP contribution in [0.2, 0.25) is 0 Å². The zero-order chi connectivity index (χ0) is 20.2. The van der Waals surface area contributed by atoms with Crippen LogP contribution in [0, 0.1) is 12.8 Å². The standard InChI is InChI=1S/C22H22N2O5/c1-15-18(23-20(29-15)16-6-3-2-4-7-16)14-28-22(26)17-9-11-24(12-10-17)21(25)19-8-5-13-27-19/h2-8,13,17H,9-12,14H2,1H3. The van der Waals surface area contributed by atoms with Crippen LogP contribution in [-0.4, -0.2) is 34.8 Å². The summed E-state index contributed by atoms with van der Waals surface area (Å²) in [6.07, 6.45) is 2.61. The Kier molecular flexibility index (Phi) is 5.46. The molecule has 0 N–H and O–H groups in total. The van der Waals surface area contributed by atoms with Crippen molar-refractivity contribution in [2.45, 2.75) is 26.4 Å². The van der Waals surface area contributed by atoms with Crippen molar-refractivity contribution in [2.75, 3.05) is 13.1 Å². The van der Waals surface area contributed by atoms with Crippen molar-refractivity contribution in [2.24, 2.45) is 5.92 Å². The molecule has 7 nitrogen and oxygen atoms in total. The number of oxazole rings is 1. The molecule has 0 unspecified atom stereocenters. The molecule has 4 rings (SSSR count). The minimum atomic E-state index is -0.265. The number of carbonyl (C=O) groups is 2. The molecule has 3 heterocycles. The van der Waals surface area contributed by atoms with Gasteiger partial charge in [-0.05, 0) is 44.0 Å². The molecule has 0 atom stereocenters. The first kappa shape index (κ1) is 19.0. The monoisotopic (exact) mass is 394 g/mol. The number of rotatable bonds is 5. The smallest absolute Gasteiger partial charge is 0.309 e. The van der Waals surface area contributed by atoms with Gasteiger partial charge < -0.3 is 18.5 Å². The van der Waals surface area contributed by atoms with E-state index in [4.69, 9.17) is 13.6 Å². The molecule has 1 aliphatic heterocycles. The van der Waals surface area contributed by atoms with Gasteiger partial charge in [-0.1, -0.05) is 18.2 Å². The molecular weight excluding hydrogens is 372 g/mol. The highest BCUT2D eigenvalue weighted by atomic mass is 16.5. The Labute approximate surface area is 168 Å². The van der Waals surface area contributed by atoms with E-state index in [1.807, 2.05) is 30.3 Å². The van der Waals surface area contributed by atoms with E-state index in [-0.39, 0.29) is 24.4 Å². The fraction of sp³-hybridized carbons (Fsp3) is 0.318. The first-order chi connectivity index (χ1) is 14.1. The largest absolute Gasteiger partial charge is 0.459 e. The quantitative estimate of drug-likeness (QED) is 0.611. The van der Waals surface area contributed by atoms with Gasteiger partial charge in [0.25, 0.3) is 5.91 Å². The average Bonchev–Trinajstić information content (AvgIpc) is 3.42. The van der Waals surface area contributed by atoms with Crippen LogP contribution in [0.4, 0.5) is 0 Å². The van der Waals surface area contributed by atoms with Gasteiger partial charge in [-0.25, -0.2) is 4.98 Å². The Hall–Kier alpha value is -3.35. The number of piperidine rings is 1. The van der Waals surface area contributed by atoms with E-state index < -0.39 is 0 Å². The predicted octanol–water partition coefficient (Wildman–Crippen LogP) is 3.84.